The van der Waals surface area contributed by atoms with E-state index in [1.54, 1.807) is 0 Å². The van der Waals surface area contributed by atoms with E-state index in [2.05, 4.69) is 53.4 Å². The maximum Gasteiger partial charge on any atom is 0.224 e. The molecular formula is C27H34N4O2. The third-order valence-electron chi connectivity index (χ3n) is 6.19. The van der Waals surface area contributed by atoms with Crippen LogP contribution in [0.2, 0.25) is 0 Å². The normalized spacial score (nSPS) is 18.9. The van der Waals surface area contributed by atoms with Crippen LogP contribution < -0.4 is 5.32 Å². The van der Waals surface area contributed by atoms with Gasteiger partial charge in [-0.2, -0.15) is 5.10 Å². The first-order valence-electron chi connectivity index (χ1n) is 11.7. The summed E-state index contributed by atoms with van der Waals surface area (Å²) < 4.78 is 7.73. The Hall–Kier alpha value is -2.96. The van der Waals surface area contributed by atoms with Crippen molar-refractivity contribution in [1.29, 1.82) is 0 Å². The molecule has 1 saturated heterocycles. The van der Waals surface area contributed by atoms with E-state index < -0.39 is 0 Å². The number of rotatable bonds is 7. The molecule has 0 bridgehead atoms. The highest BCUT2D eigenvalue weighted by atomic mass is 16.5. The zero-order valence-electron chi connectivity index (χ0n) is 20.0. The molecule has 0 aliphatic carbocycles. The molecule has 2 aromatic carbocycles. The van der Waals surface area contributed by atoms with Crippen LogP contribution in [0.3, 0.4) is 0 Å². The van der Waals surface area contributed by atoms with Crippen molar-refractivity contribution >= 4 is 5.91 Å². The first-order valence-corrected chi connectivity index (χ1v) is 11.7. The summed E-state index contributed by atoms with van der Waals surface area (Å²) >= 11 is 0. The van der Waals surface area contributed by atoms with Crippen LogP contribution in [0.4, 0.5) is 0 Å². The third-order valence-corrected chi connectivity index (χ3v) is 6.19. The molecule has 4 rings (SSSR count). The fraction of sp³-hybridized carbons (Fsp3) is 0.407. The molecule has 33 heavy (non-hydrogen) atoms. The van der Waals surface area contributed by atoms with Crippen LogP contribution >= 0.6 is 0 Å². The largest absolute Gasteiger partial charge is 0.373 e. The lowest BCUT2D eigenvalue weighted by atomic mass is 10.1. The monoisotopic (exact) mass is 446 g/mol. The molecule has 1 fully saturated rings. The number of para-hydroxylation sites is 1. The summed E-state index contributed by atoms with van der Waals surface area (Å²) in [5, 5.41) is 7.70. The molecule has 6 heteroatoms. The van der Waals surface area contributed by atoms with Gasteiger partial charge in [0.15, 0.2) is 0 Å². The fourth-order valence-corrected chi connectivity index (χ4v) is 4.61. The van der Waals surface area contributed by atoms with Gasteiger partial charge in [0.1, 0.15) is 0 Å². The smallest absolute Gasteiger partial charge is 0.224 e. The van der Waals surface area contributed by atoms with Gasteiger partial charge in [-0.05, 0) is 51.0 Å². The molecule has 1 aliphatic rings. The molecule has 1 amide bonds. The zero-order valence-corrected chi connectivity index (χ0v) is 20.0. The second-order valence-corrected chi connectivity index (χ2v) is 9.12. The molecule has 0 spiro atoms. The molecule has 2 unspecified atom stereocenters. The Morgan fingerprint density at radius 3 is 2.30 bits per heavy atom. The molecule has 3 aromatic rings. The van der Waals surface area contributed by atoms with E-state index in [0.717, 1.165) is 47.8 Å². The minimum absolute atomic E-state index is 0.00850. The number of amides is 1. The summed E-state index contributed by atoms with van der Waals surface area (Å²) in [6, 6.07) is 18.5. The summed E-state index contributed by atoms with van der Waals surface area (Å²) in [6.07, 6.45) is 0.876. The quantitative estimate of drug-likeness (QED) is 0.597. The molecule has 0 saturated carbocycles. The molecular weight excluding hydrogens is 412 g/mol. The van der Waals surface area contributed by atoms with Crippen molar-refractivity contribution in [2.75, 3.05) is 13.1 Å². The van der Waals surface area contributed by atoms with Gasteiger partial charge >= 0.3 is 0 Å². The van der Waals surface area contributed by atoms with Gasteiger partial charge in [0.2, 0.25) is 5.91 Å². The first kappa shape index (κ1) is 23.2. The number of carbonyl (C=O) groups is 1. The van der Waals surface area contributed by atoms with Gasteiger partial charge in [0.25, 0.3) is 0 Å². The van der Waals surface area contributed by atoms with Gasteiger partial charge in [-0.1, -0.05) is 42.5 Å². The number of aryl methyl sites for hydroxylation is 1. The van der Waals surface area contributed by atoms with E-state index in [1.165, 1.54) is 5.56 Å². The van der Waals surface area contributed by atoms with Crippen molar-refractivity contribution in [2.45, 2.75) is 59.4 Å². The molecule has 1 N–H and O–H groups in total. The van der Waals surface area contributed by atoms with Gasteiger partial charge in [0.05, 0.1) is 30.0 Å². The number of morpholine rings is 1. The topological polar surface area (TPSA) is 59.4 Å². The number of ether oxygens (including phenoxy) is 1. The average Bonchev–Trinajstić information content (AvgIpc) is 3.07. The van der Waals surface area contributed by atoms with Crippen molar-refractivity contribution in [3.05, 3.63) is 82.7 Å². The summed E-state index contributed by atoms with van der Waals surface area (Å²) in [5.41, 5.74) is 6.27. The predicted octanol–water partition coefficient (Wildman–Crippen LogP) is 3.96. The maximum absolute atomic E-state index is 12.7. The van der Waals surface area contributed by atoms with Gasteiger partial charge in [0, 0.05) is 37.4 Å². The minimum Gasteiger partial charge on any atom is -0.373 e. The number of benzene rings is 2. The minimum atomic E-state index is 0.00850. The van der Waals surface area contributed by atoms with E-state index in [1.807, 2.05) is 48.9 Å². The van der Waals surface area contributed by atoms with Crippen LogP contribution in [0.25, 0.3) is 5.69 Å². The van der Waals surface area contributed by atoms with Crippen LogP contribution in [0.5, 0.6) is 0 Å². The van der Waals surface area contributed by atoms with Crippen LogP contribution in [-0.2, 0) is 29.0 Å². The SMILES string of the molecule is Cc1nn(-c2ccccc2)c(C)c1CC(=O)NCc1ccc(CN2CC(C)OC(C)C2)cc1. The molecule has 0 radical (unpaired) electrons. The van der Waals surface area contributed by atoms with E-state index in [-0.39, 0.29) is 18.1 Å². The number of aromatic nitrogens is 2. The van der Waals surface area contributed by atoms with Crippen molar-refractivity contribution < 1.29 is 9.53 Å². The number of nitrogens with one attached hydrogen (secondary N) is 1. The third kappa shape index (κ3) is 5.89. The van der Waals surface area contributed by atoms with Crippen molar-refractivity contribution in [3.8, 4) is 5.69 Å². The number of hydrogen-bond acceptors (Lipinski definition) is 4. The second kappa shape index (κ2) is 10.3. The number of nitrogens with zero attached hydrogens (tertiary/aromatic N) is 3. The lowest BCUT2D eigenvalue weighted by Gasteiger charge is -2.35. The van der Waals surface area contributed by atoms with E-state index in [0.29, 0.717) is 13.0 Å². The van der Waals surface area contributed by atoms with Crippen LogP contribution in [0.15, 0.2) is 54.6 Å². The maximum atomic E-state index is 12.7. The average molecular weight is 447 g/mol. The Morgan fingerprint density at radius 1 is 1.00 bits per heavy atom. The number of hydrogen-bond donors (Lipinski definition) is 1. The van der Waals surface area contributed by atoms with Crippen molar-refractivity contribution in [1.82, 2.24) is 20.0 Å². The van der Waals surface area contributed by atoms with E-state index in [9.17, 15) is 4.79 Å². The molecule has 174 valence electrons. The fourth-order valence-electron chi connectivity index (χ4n) is 4.61. The van der Waals surface area contributed by atoms with Crippen molar-refractivity contribution in [2.24, 2.45) is 0 Å². The van der Waals surface area contributed by atoms with Gasteiger partial charge in [-0.3, -0.25) is 9.69 Å². The Bertz CT molecular complexity index is 1070. The number of carbonyl (C=O) groups excluding carboxylic acids is 1. The Morgan fingerprint density at radius 2 is 1.64 bits per heavy atom. The predicted molar refractivity (Wildman–Crippen MR) is 130 cm³/mol. The molecule has 2 heterocycles. The first-order chi connectivity index (χ1) is 15.9. The highest BCUT2D eigenvalue weighted by Crippen LogP contribution is 2.19. The summed E-state index contributed by atoms with van der Waals surface area (Å²) in [4.78, 5) is 15.1. The molecule has 1 aliphatic heterocycles. The highest BCUT2D eigenvalue weighted by molar-refractivity contribution is 5.79. The highest BCUT2D eigenvalue weighted by Gasteiger charge is 2.22. The van der Waals surface area contributed by atoms with Gasteiger partial charge < -0.3 is 10.1 Å². The van der Waals surface area contributed by atoms with Gasteiger partial charge in [-0.15, -0.1) is 0 Å². The standard InChI is InChI=1S/C27H34N4O2/c1-19-16-30(17-20(2)33-19)18-24-12-10-23(11-13-24)15-28-27(32)14-26-21(3)29-31(22(26)4)25-8-6-5-7-9-25/h5-13,19-20H,14-18H2,1-4H3,(H,28,32). The van der Waals surface area contributed by atoms with Crippen LogP contribution in [-0.4, -0.2) is 45.9 Å². The van der Waals surface area contributed by atoms with Crippen LogP contribution in [0, 0.1) is 13.8 Å². The lowest BCUT2D eigenvalue weighted by Crippen LogP contribution is -2.44. The van der Waals surface area contributed by atoms with E-state index >= 15 is 0 Å². The zero-order chi connectivity index (χ0) is 23.4. The molecule has 1 aromatic heterocycles. The summed E-state index contributed by atoms with van der Waals surface area (Å²) in [6.45, 7) is 11.6. The van der Waals surface area contributed by atoms with Crippen LogP contribution in [0.1, 0.15) is 41.9 Å². The van der Waals surface area contributed by atoms with E-state index in [4.69, 9.17) is 4.74 Å². The lowest BCUT2D eigenvalue weighted by molar-refractivity contribution is -0.120. The Labute approximate surface area is 196 Å². The Balaban J connectivity index is 1.31. The summed E-state index contributed by atoms with van der Waals surface area (Å²) in [7, 11) is 0. The van der Waals surface area contributed by atoms with Gasteiger partial charge in [-0.25, -0.2) is 4.68 Å². The molecule has 6 nitrogen and oxygen atoms in total. The second-order valence-electron chi connectivity index (χ2n) is 9.12. The van der Waals surface area contributed by atoms with Crippen molar-refractivity contribution in [3.63, 3.8) is 0 Å². The molecule has 2 atom stereocenters. The Kier molecular flexibility index (Phi) is 7.26. The summed E-state index contributed by atoms with van der Waals surface area (Å²) in [5.74, 6) is 0.00850.